The number of carbonyl (C=O) groups excluding carboxylic acids is 2. The third-order valence-corrected chi connectivity index (χ3v) is 5.20. The highest BCUT2D eigenvalue weighted by molar-refractivity contribution is 6.01. The van der Waals surface area contributed by atoms with Crippen LogP contribution in [0.3, 0.4) is 0 Å². The number of halogens is 1. The molecular formula is C25H25FN4O5. The SMILES string of the molecule is COCCNC(=O)c1c(O)c2ncc(Cc3ccc(F)cc3C#CCNC(C)=O)cc2n(C)c1=O. The van der Waals surface area contributed by atoms with Crippen LogP contribution in [-0.2, 0) is 23.0 Å². The van der Waals surface area contributed by atoms with Crippen LogP contribution in [0, 0.1) is 17.7 Å². The average molecular weight is 480 g/mol. The van der Waals surface area contributed by atoms with Crippen molar-refractivity contribution in [3.8, 4) is 17.6 Å². The van der Waals surface area contributed by atoms with Crippen LogP contribution >= 0.6 is 0 Å². The van der Waals surface area contributed by atoms with E-state index in [-0.39, 0.29) is 31.1 Å². The molecule has 3 aromatic rings. The minimum absolute atomic E-state index is 0.0992. The van der Waals surface area contributed by atoms with Gasteiger partial charge in [-0.05, 0) is 29.3 Å². The monoisotopic (exact) mass is 480 g/mol. The molecule has 0 bridgehead atoms. The number of pyridine rings is 2. The molecule has 3 rings (SSSR count). The summed E-state index contributed by atoms with van der Waals surface area (Å²) in [7, 11) is 2.96. The first-order valence-corrected chi connectivity index (χ1v) is 10.7. The van der Waals surface area contributed by atoms with Crippen molar-refractivity contribution in [1.82, 2.24) is 20.2 Å². The molecule has 0 saturated heterocycles. The van der Waals surface area contributed by atoms with Crippen molar-refractivity contribution >= 4 is 22.8 Å². The summed E-state index contributed by atoms with van der Waals surface area (Å²) < 4.78 is 19.9. The number of amides is 2. The Labute approximate surface area is 200 Å². The van der Waals surface area contributed by atoms with E-state index in [9.17, 15) is 23.9 Å². The Bertz CT molecular complexity index is 1400. The molecule has 0 aliphatic carbocycles. The molecule has 0 saturated carbocycles. The zero-order valence-corrected chi connectivity index (χ0v) is 19.6. The third-order valence-electron chi connectivity index (χ3n) is 5.20. The number of aromatic hydroxyl groups is 1. The Morgan fingerprint density at radius 3 is 2.74 bits per heavy atom. The number of nitrogens with one attached hydrogen (secondary N) is 2. The van der Waals surface area contributed by atoms with E-state index in [0.717, 1.165) is 0 Å². The van der Waals surface area contributed by atoms with Crippen LogP contribution in [0.4, 0.5) is 4.39 Å². The van der Waals surface area contributed by atoms with Gasteiger partial charge >= 0.3 is 0 Å². The second-order valence-corrected chi connectivity index (χ2v) is 7.74. The minimum Gasteiger partial charge on any atom is -0.505 e. The molecule has 0 atom stereocenters. The summed E-state index contributed by atoms with van der Waals surface area (Å²) in [5.41, 5.74) is 1.21. The van der Waals surface area contributed by atoms with E-state index in [1.165, 1.54) is 44.0 Å². The van der Waals surface area contributed by atoms with Crippen molar-refractivity contribution in [3.63, 3.8) is 0 Å². The van der Waals surface area contributed by atoms with E-state index in [0.29, 0.717) is 28.6 Å². The zero-order chi connectivity index (χ0) is 25.5. The van der Waals surface area contributed by atoms with Crippen LogP contribution in [-0.4, -0.2) is 53.3 Å². The predicted octanol–water partition coefficient (Wildman–Crippen LogP) is 1.23. The molecule has 1 aromatic carbocycles. The first kappa shape index (κ1) is 25.4. The summed E-state index contributed by atoms with van der Waals surface area (Å²) in [4.78, 5) is 40.6. The molecule has 10 heteroatoms. The first-order valence-electron chi connectivity index (χ1n) is 10.7. The van der Waals surface area contributed by atoms with E-state index in [1.54, 1.807) is 12.1 Å². The molecule has 0 spiro atoms. The quantitative estimate of drug-likeness (QED) is 0.345. The first-order chi connectivity index (χ1) is 16.7. The number of benzene rings is 1. The van der Waals surface area contributed by atoms with Crippen LogP contribution in [0.15, 0.2) is 35.3 Å². The van der Waals surface area contributed by atoms with Crippen molar-refractivity contribution in [2.24, 2.45) is 7.05 Å². The lowest BCUT2D eigenvalue weighted by atomic mass is 10.00. The smallest absolute Gasteiger partial charge is 0.267 e. The Hall–Kier alpha value is -4.23. The highest BCUT2D eigenvalue weighted by Gasteiger charge is 2.22. The number of methoxy groups -OCH3 is 1. The van der Waals surface area contributed by atoms with Gasteiger partial charge in [0, 0.05) is 45.8 Å². The molecule has 0 unspecified atom stereocenters. The van der Waals surface area contributed by atoms with Gasteiger partial charge in [-0.15, -0.1) is 0 Å². The van der Waals surface area contributed by atoms with Gasteiger partial charge in [-0.1, -0.05) is 17.9 Å². The van der Waals surface area contributed by atoms with Crippen molar-refractivity contribution in [2.45, 2.75) is 13.3 Å². The molecule has 0 radical (unpaired) electrons. The van der Waals surface area contributed by atoms with Crippen molar-refractivity contribution in [1.29, 1.82) is 0 Å². The van der Waals surface area contributed by atoms with Crippen molar-refractivity contribution < 1.29 is 23.8 Å². The van der Waals surface area contributed by atoms with Gasteiger partial charge in [0.2, 0.25) is 5.91 Å². The number of nitrogens with zero attached hydrogens (tertiary/aromatic N) is 2. The Balaban J connectivity index is 1.96. The standard InChI is InChI=1S/C25H25FN4O5/c1-15(31)27-8-4-5-17-13-19(26)7-6-18(17)11-16-12-20-22(29-14-16)23(32)21(25(34)30(20)2)24(33)28-9-10-35-3/h6-7,12-14,32H,8-11H2,1-3H3,(H,27,31)(H,28,33). The molecule has 182 valence electrons. The molecule has 2 heterocycles. The van der Waals surface area contributed by atoms with Crippen LogP contribution in [0.5, 0.6) is 5.75 Å². The van der Waals surface area contributed by atoms with E-state index < -0.39 is 28.6 Å². The molecule has 0 aliphatic heterocycles. The maximum atomic E-state index is 13.8. The summed E-state index contributed by atoms with van der Waals surface area (Å²) in [6, 6.07) is 5.90. The predicted molar refractivity (Wildman–Crippen MR) is 128 cm³/mol. The Morgan fingerprint density at radius 1 is 1.26 bits per heavy atom. The van der Waals surface area contributed by atoms with Gasteiger partial charge in [-0.3, -0.25) is 19.4 Å². The van der Waals surface area contributed by atoms with Gasteiger partial charge in [0.05, 0.1) is 18.7 Å². The van der Waals surface area contributed by atoms with Gasteiger partial charge in [0.15, 0.2) is 5.75 Å². The van der Waals surface area contributed by atoms with E-state index in [1.807, 2.05) is 0 Å². The summed E-state index contributed by atoms with van der Waals surface area (Å²) in [5.74, 6) is 3.76. The summed E-state index contributed by atoms with van der Waals surface area (Å²) in [5, 5.41) is 15.7. The lowest BCUT2D eigenvalue weighted by Crippen LogP contribution is -2.34. The number of hydrogen-bond donors (Lipinski definition) is 3. The van der Waals surface area contributed by atoms with E-state index in [2.05, 4.69) is 27.5 Å². The van der Waals surface area contributed by atoms with Gasteiger partial charge in [-0.2, -0.15) is 0 Å². The Morgan fingerprint density at radius 2 is 2.03 bits per heavy atom. The van der Waals surface area contributed by atoms with Crippen LogP contribution in [0.1, 0.15) is 34.0 Å². The van der Waals surface area contributed by atoms with Gasteiger partial charge in [-0.25, -0.2) is 4.39 Å². The largest absolute Gasteiger partial charge is 0.505 e. The molecule has 3 N–H and O–H groups in total. The number of aromatic nitrogens is 2. The van der Waals surface area contributed by atoms with Crippen LogP contribution in [0.25, 0.3) is 11.0 Å². The number of fused-ring (bicyclic) bond motifs is 1. The maximum Gasteiger partial charge on any atom is 0.267 e. The average Bonchev–Trinajstić information content (AvgIpc) is 2.82. The number of carbonyl (C=O) groups is 2. The lowest BCUT2D eigenvalue weighted by molar-refractivity contribution is -0.118. The number of hydrogen-bond acceptors (Lipinski definition) is 6. The molecule has 35 heavy (non-hydrogen) atoms. The number of aryl methyl sites for hydroxylation is 1. The highest BCUT2D eigenvalue weighted by Crippen LogP contribution is 2.26. The second kappa shape index (κ2) is 11.3. The fourth-order valence-corrected chi connectivity index (χ4v) is 3.43. The number of rotatable bonds is 7. The van der Waals surface area contributed by atoms with Crippen molar-refractivity contribution in [3.05, 3.63) is 68.9 Å². The molecule has 2 aromatic heterocycles. The number of ether oxygens (including phenoxy) is 1. The lowest BCUT2D eigenvalue weighted by Gasteiger charge is -2.13. The molecule has 2 amide bonds. The van der Waals surface area contributed by atoms with Gasteiger partial charge < -0.3 is 25.0 Å². The van der Waals surface area contributed by atoms with Crippen molar-refractivity contribution in [2.75, 3.05) is 26.8 Å². The zero-order valence-electron chi connectivity index (χ0n) is 19.6. The summed E-state index contributed by atoms with van der Waals surface area (Å²) in [6.45, 7) is 1.94. The van der Waals surface area contributed by atoms with Crippen LogP contribution in [0.2, 0.25) is 0 Å². The van der Waals surface area contributed by atoms with E-state index >= 15 is 0 Å². The molecule has 0 aliphatic rings. The van der Waals surface area contributed by atoms with Gasteiger partial charge in [0.25, 0.3) is 11.5 Å². The maximum absolute atomic E-state index is 13.8. The van der Waals surface area contributed by atoms with Crippen LogP contribution < -0.4 is 16.2 Å². The van der Waals surface area contributed by atoms with E-state index in [4.69, 9.17) is 4.74 Å². The van der Waals surface area contributed by atoms with Gasteiger partial charge in [0.1, 0.15) is 16.9 Å². The highest BCUT2D eigenvalue weighted by atomic mass is 19.1. The minimum atomic E-state index is -0.721. The third kappa shape index (κ3) is 6.02. The molecule has 0 fully saturated rings. The molecular weight excluding hydrogens is 455 g/mol. The Kier molecular flexibility index (Phi) is 8.17. The molecule has 9 nitrogen and oxygen atoms in total. The summed E-state index contributed by atoms with van der Waals surface area (Å²) >= 11 is 0. The normalized spacial score (nSPS) is 10.5. The fourth-order valence-electron chi connectivity index (χ4n) is 3.43. The topological polar surface area (TPSA) is 123 Å². The second-order valence-electron chi connectivity index (χ2n) is 7.74. The summed E-state index contributed by atoms with van der Waals surface area (Å²) in [6.07, 6.45) is 1.83. The fraction of sp³-hybridized carbons (Fsp3) is 0.280.